The van der Waals surface area contributed by atoms with Gasteiger partial charge in [0.1, 0.15) is 6.10 Å². The Kier molecular flexibility index (Phi) is 5.83. The molecule has 2 saturated carbocycles. The van der Waals surface area contributed by atoms with Gasteiger partial charge in [0.05, 0.1) is 11.6 Å². The summed E-state index contributed by atoms with van der Waals surface area (Å²) in [5, 5.41) is 1.31. The molecular formula is C26H27Cl2NO2. The van der Waals surface area contributed by atoms with Crippen LogP contribution in [0.5, 0.6) is 0 Å². The highest BCUT2D eigenvalue weighted by molar-refractivity contribution is 6.35. The maximum Gasteiger partial charge on any atom is 0.309 e. The van der Waals surface area contributed by atoms with E-state index < -0.39 is 0 Å². The lowest BCUT2D eigenvalue weighted by Gasteiger charge is -2.45. The fourth-order valence-corrected chi connectivity index (χ4v) is 6.58. The molecule has 1 aliphatic heterocycles. The van der Waals surface area contributed by atoms with Crippen molar-refractivity contribution in [1.29, 1.82) is 0 Å². The zero-order valence-corrected chi connectivity index (χ0v) is 19.1. The number of cyclic esters (lactones) is 1. The van der Waals surface area contributed by atoms with E-state index in [1.807, 2.05) is 24.4 Å². The van der Waals surface area contributed by atoms with Crippen LogP contribution in [0.4, 0.5) is 0 Å². The van der Waals surface area contributed by atoms with Crippen LogP contribution >= 0.6 is 23.2 Å². The van der Waals surface area contributed by atoms with Gasteiger partial charge in [-0.3, -0.25) is 9.78 Å². The van der Waals surface area contributed by atoms with Gasteiger partial charge in [-0.1, -0.05) is 54.6 Å². The van der Waals surface area contributed by atoms with E-state index in [1.165, 1.54) is 25.7 Å². The van der Waals surface area contributed by atoms with Gasteiger partial charge in [0, 0.05) is 33.3 Å². The summed E-state index contributed by atoms with van der Waals surface area (Å²) in [5.74, 6) is 2.02. The molecular weight excluding hydrogens is 429 g/mol. The molecule has 0 amide bonds. The molecule has 0 radical (unpaired) electrons. The molecule has 1 aromatic carbocycles. The van der Waals surface area contributed by atoms with E-state index in [9.17, 15) is 4.79 Å². The first-order valence-corrected chi connectivity index (χ1v) is 12.1. The summed E-state index contributed by atoms with van der Waals surface area (Å²) in [5.41, 5.74) is 2.74. The molecule has 3 nitrogen and oxygen atoms in total. The number of rotatable bonds is 3. The van der Waals surface area contributed by atoms with Crippen LogP contribution in [0.3, 0.4) is 0 Å². The number of aromatic nitrogens is 1. The summed E-state index contributed by atoms with van der Waals surface area (Å²) in [6, 6.07) is 9.50. The molecule has 5 heteroatoms. The number of carbonyl (C=O) groups excluding carboxylic acids is 1. The van der Waals surface area contributed by atoms with Crippen LogP contribution in [-0.4, -0.2) is 17.1 Å². The summed E-state index contributed by atoms with van der Waals surface area (Å²) in [6.45, 7) is 2.06. The number of nitrogens with zero attached hydrogens (tertiary/aromatic N) is 1. The molecule has 2 aromatic rings. The van der Waals surface area contributed by atoms with Crippen molar-refractivity contribution in [3.05, 3.63) is 58.3 Å². The Balaban J connectivity index is 1.40. The van der Waals surface area contributed by atoms with Gasteiger partial charge in [-0.15, -0.1) is 0 Å². The lowest BCUT2D eigenvalue weighted by Crippen LogP contribution is -2.42. The Morgan fingerprint density at radius 3 is 2.77 bits per heavy atom. The Labute approximate surface area is 193 Å². The van der Waals surface area contributed by atoms with E-state index in [2.05, 4.69) is 24.1 Å². The maximum atomic E-state index is 12.5. The fraction of sp³-hybridized carbons (Fsp3) is 0.462. The number of allylic oxidation sites excluding steroid dienone is 1. The van der Waals surface area contributed by atoms with E-state index in [-0.39, 0.29) is 23.9 Å². The number of carbonyl (C=O) groups is 1. The fourth-order valence-electron chi connectivity index (χ4n) is 6.18. The van der Waals surface area contributed by atoms with Crippen LogP contribution in [0.2, 0.25) is 10.0 Å². The smallest absolute Gasteiger partial charge is 0.309 e. The first kappa shape index (κ1) is 21.0. The largest absolute Gasteiger partial charge is 0.462 e. The van der Waals surface area contributed by atoms with Crippen LogP contribution in [0.25, 0.3) is 17.2 Å². The summed E-state index contributed by atoms with van der Waals surface area (Å²) in [7, 11) is 0. The van der Waals surface area contributed by atoms with Crippen molar-refractivity contribution in [2.45, 2.75) is 45.1 Å². The molecule has 1 aromatic heterocycles. The van der Waals surface area contributed by atoms with Gasteiger partial charge < -0.3 is 4.74 Å². The van der Waals surface area contributed by atoms with Crippen molar-refractivity contribution >= 4 is 35.2 Å². The number of esters is 1. The van der Waals surface area contributed by atoms with Gasteiger partial charge >= 0.3 is 5.97 Å². The molecule has 162 valence electrons. The van der Waals surface area contributed by atoms with Gasteiger partial charge in [0.15, 0.2) is 0 Å². The third-order valence-corrected chi connectivity index (χ3v) is 8.15. The number of pyridine rings is 1. The lowest BCUT2D eigenvalue weighted by atomic mass is 9.57. The van der Waals surface area contributed by atoms with Crippen LogP contribution < -0.4 is 0 Å². The van der Waals surface area contributed by atoms with Crippen LogP contribution in [0.1, 0.15) is 44.7 Å². The number of halogens is 2. The van der Waals surface area contributed by atoms with Gasteiger partial charge in [-0.2, -0.15) is 0 Å². The molecule has 0 bridgehead atoms. The molecule has 0 N–H and O–H groups in total. The molecule has 31 heavy (non-hydrogen) atoms. The third kappa shape index (κ3) is 4.03. The second kappa shape index (κ2) is 8.60. The van der Waals surface area contributed by atoms with E-state index >= 15 is 0 Å². The molecule has 3 fully saturated rings. The molecule has 3 aliphatic rings. The number of ether oxygens (including phenoxy) is 1. The standard InChI is InChI=1S/C26H27Cl2NO2/c1-15-25-21(20-5-3-2-4-16(20)12-23(25)26(30)31-15)10-9-19-8-6-17(14-29-19)22-13-18(27)7-11-24(22)28/h6-11,13-16,20-21,23,25H,2-5,12H2,1H3/b10-9+/t15-,16?,20?,21?,23?,25?/m1/s1. The highest BCUT2D eigenvalue weighted by Gasteiger charge is 2.53. The highest BCUT2D eigenvalue weighted by Crippen LogP contribution is 2.53. The Morgan fingerprint density at radius 2 is 1.97 bits per heavy atom. The zero-order chi connectivity index (χ0) is 21.5. The molecule has 0 spiro atoms. The zero-order valence-electron chi connectivity index (χ0n) is 17.6. The molecule has 5 unspecified atom stereocenters. The predicted octanol–water partition coefficient (Wildman–Crippen LogP) is 7.07. The van der Waals surface area contributed by atoms with Crippen molar-refractivity contribution < 1.29 is 9.53 Å². The van der Waals surface area contributed by atoms with Crippen molar-refractivity contribution in [3.63, 3.8) is 0 Å². The van der Waals surface area contributed by atoms with Crippen molar-refractivity contribution in [1.82, 2.24) is 4.98 Å². The first-order valence-electron chi connectivity index (χ1n) is 11.3. The van der Waals surface area contributed by atoms with E-state index in [1.54, 1.807) is 12.1 Å². The SMILES string of the molecule is C[C@H]1OC(=O)C2CC3CCCCC3C(/C=C/c3ccc(-c4cc(Cl)ccc4Cl)cn3)C21. The lowest BCUT2D eigenvalue weighted by molar-refractivity contribution is -0.144. The minimum absolute atomic E-state index is 0.00432. The molecule has 6 atom stereocenters. The number of fused-ring (bicyclic) bond motifs is 2. The minimum Gasteiger partial charge on any atom is -0.462 e. The summed E-state index contributed by atoms with van der Waals surface area (Å²) < 4.78 is 5.67. The average molecular weight is 456 g/mol. The second-order valence-corrected chi connectivity index (χ2v) is 10.1. The number of hydrogen-bond acceptors (Lipinski definition) is 3. The van der Waals surface area contributed by atoms with Gasteiger partial charge in [-0.05, 0) is 67.9 Å². The monoisotopic (exact) mass is 455 g/mol. The van der Waals surface area contributed by atoms with Crippen molar-refractivity contribution in [2.75, 3.05) is 0 Å². The van der Waals surface area contributed by atoms with Gasteiger partial charge in [0.2, 0.25) is 0 Å². The van der Waals surface area contributed by atoms with Crippen LogP contribution in [0.15, 0.2) is 42.6 Å². The summed E-state index contributed by atoms with van der Waals surface area (Å²) in [6.07, 6.45) is 12.4. The van der Waals surface area contributed by atoms with E-state index in [0.29, 0.717) is 27.8 Å². The van der Waals surface area contributed by atoms with E-state index in [4.69, 9.17) is 27.9 Å². The molecule has 5 rings (SSSR count). The van der Waals surface area contributed by atoms with Gasteiger partial charge in [0.25, 0.3) is 0 Å². The topological polar surface area (TPSA) is 39.2 Å². The minimum atomic E-state index is -0.00432. The summed E-state index contributed by atoms with van der Waals surface area (Å²) >= 11 is 12.5. The van der Waals surface area contributed by atoms with Crippen molar-refractivity contribution in [2.24, 2.45) is 29.6 Å². The first-order chi connectivity index (χ1) is 15.0. The molecule has 1 saturated heterocycles. The highest BCUT2D eigenvalue weighted by atomic mass is 35.5. The third-order valence-electron chi connectivity index (χ3n) is 7.59. The Morgan fingerprint density at radius 1 is 1.13 bits per heavy atom. The maximum absolute atomic E-state index is 12.5. The predicted molar refractivity (Wildman–Crippen MR) is 125 cm³/mol. The quantitative estimate of drug-likeness (QED) is 0.464. The van der Waals surface area contributed by atoms with Crippen LogP contribution in [-0.2, 0) is 9.53 Å². The Bertz CT molecular complexity index is 1000. The molecule has 2 aliphatic carbocycles. The van der Waals surface area contributed by atoms with E-state index in [0.717, 1.165) is 23.2 Å². The Hall–Kier alpha value is -1.84. The normalized spacial score (nSPS) is 32.5. The van der Waals surface area contributed by atoms with Crippen molar-refractivity contribution in [3.8, 4) is 11.1 Å². The number of hydrogen-bond donors (Lipinski definition) is 0. The average Bonchev–Trinajstić information content (AvgIpc) is 3.06. The molecule has 2 heterocycles. The van der Waals surface area contributed by atoms with Gasteiger partial charge in [-0.25, -0.2) is 0 Å². The number of benzene rings is 1. The summed E-state index contributed by atoms with van der Waals surface area (Å²) in [4.78, 5) is 17.1. The second-order valence-electron chi connectivity index (χ2n) is 9.30. The van der Waals surface area contributed by atoms with Crippen LogP contribution in [0, 0.1) is 29.6 Å².